The Morgan fingerprint density at radius 1 is 1.15 bits per heavy atom. The number of nitrogens with one attached hydrogen (secondary N) is 1. The van der Waals surface area contributed by atoms with Gasteiger partial charge in [-0.15, -0.1) is 0 Å². The van der Waals surface area contributed by atoms with Gasteiger partial charge in [0.2, 0.25) is 0 Å². The summed E-state index contributed by atoms with van der Waals surface area (Å²) in [6.07, 6.45) is -1.65. The second-order valence-corrected chi connectivity index (χ2v) is 2.77. The highest BCUT2D eigenvalue weighted by Crippen LogP contribution is 2.18. The predicted octanol–water partition coefficient (Wildman–Crippen LogP) is 0.749. The molecule has 1 aliphatic rings. The molecule has 1 aromatic rings. The molecule has 0 radical (unpaired) electrons. The number of rotatable bonds is 2. The minimum atomic E-state index is -1.65. The minimum Gasteiger partial charge on any atom is -0.325 e. The molecular formula is C9H11NO3. The third-order valence-electron chi connectivity index (χ3n) is 1.75. The zero-order valence-electron chi connectivity index (χ0n) is 7.06. The van der Waals surface area contributed by atoms with E-state index in [1.54, 1.807) is 0 Å². The first-order chi connectivity index (χ1) is 6.29. The van der Waals surface area contributed by atoms with Crippen molar-refractivity contribution in [2.75, 3.05) is 18.5 Å². The predicted molar refractivity (Wildman–Crippen MR) is 46.9 cm³/mol. The molecule has 0 spiro atoms. The van der Waals surface area contributed by atoms with Gasteiger partial charge < -0.3 is 19.9 Å². The molecule has 70 valence electrons. The van der Waals surface area contributed by atoms with Crippen molar-refractivity contribution in [2.45, 2.75) is 6.10 Å². The van der Waals surface area contributed by atoms with Gasteiger partial charge >= 0.3 is 6.10 Å². The summed E-state index contributed by atoms with van der Waals surface area (Å²) in [5.41, 5.74) is 0.756. The third kappa shape index (κ3) is 1.98. The smallest absolute Gasteiger partial charge is 0.325 e. The molecule has 0 bridgehead atoms. The van der Waals surface area contributed by atoms with E-state index in [2.05, 4.69) is 5.32 Å². The van der Waals surface area contributed by atoms with Gasteiger partial charge in [-0.05, 0) is 12.1 Å². The fraction of sp³-hybridized carbons (Fsp3) is 0.333. The molecule has 0 unspecified atom stereocenters. The number of benzene rings is 1. The number of hydrogen-bond acceptors (Lipinski definition) is 4. The first-order valence-electron chi connectivity index (χ1n) is 4.12. The average molecular weight is 181 g/mol. The molecule has 0 amide bonds. The van der Waals surface area contributed by atoms with Crippen molar-refractivity contribution < 1.29 is 14.6 Å². The molecule has 1 aliphatic heterocycles. The molecule has 0 saturated carbocycles. The quantitative estimate of drug-likeness (QED) is 0.661. The summed E-state index contributed by atoms with van der Waals surface area (Å²) in [5, 5.41) is 12.3. The lowest BCUT2D eigenvalue weighted by Gasteiger charge is -2.21. The number of ether oxygens (including phenoxy) is 2. The van der Waals surface area contributed by atoms with Crippen molar-refractivity contribution in [3.05, 3.63) is 30.3 Å². The van der Waals surface area contributed by atoms with Gasteiger partial charge in [0.25, 0.3) is 0 Å². The summed E-state index contributed by atoms with van der Waals surface area (Å²) in [4.78, 5) is 0. The molecular weight excluding hydrogens is 170 g/mol. The molecule has 2 N–H and O–H groups in total. The van der Waals surface area contributed by atoms with Crippen LogP contribution in [0.4, 0.5) is 5.69 Å². The maximum Gasteiger partial charge on any atom is 0.372 e. The SMILES string of the molecule is OC1(Nc2ccccc2)OCCO1. The van der Waals surface area contributed by atoms with Gasteiger partial charge in [0.1, 0.15) is 0 Å². The molecule has 4 heteroatoms. The van der Waals surface area contributed by atoms with Crippen LogP contribution in [0.25, 0.3) is 0 Å². The highest BCUT2D eigenvalue weighted by atomic mass is 16.9. The van der Waals surface area contributed by atoms with Crippen LogP contribution < -0.4 is 5.32 Å². The lowest BCUT2D eigenvalue weighted by atomic mass is 10.3. The zero-order valence-corrected chi connectivity index (χ0v) is 7.06. The van der Waals surface area contributed by atoms with Crippen LogP contribution in [-0.4, -0.2) is 24.4 Å². The van der Waals surface area contributed by atoms with E-state index in [1.807, 2.05) is 30.3 Å². The molecule has 0 aliphatic carbocycles. The first kappa shape index (κ1) is 8.50. The van der Waals surface area contributed by atoms with Crippen LogP contribution in [0.15, 0.2) is 30.3 Å². The van der Waals surface area contributed by atoms with Crippen LogP contribution in [0.5, 0.6) is 0 Å². The molecule has 0 aromatic heterocycles. The molecule has 1 heterocycles. The Hall–Kier alpha value is -1.10. The van der Waals surface area contributed by atoms with Crippen molar-refractivity contribution in [1.82, 2.24) is 0 Å². The third-order valence-corrected chi connectivity index (χ3v) is 1.75. The van der Waals surface area contributed by atoms with E-state index in [0.29, 0.717) is 13.2 Å². The Labute approximate surface area is 76.1 Å². The molecule has 0 atom stereocenters. The molecule has 13 heavy (non-hydrogen) atoms. The second kappa shape index (κ2) is 3.33. The van der Waals surface area contributed by atoms with Crippen molar-refractivity contribution in [2.24, 2.45) is 0 Å². The normalized spacial score (nSPS) is 20.1. The van der Waals surface area contributed by atoms with E-state index in [1.165, 1.54) is 0 Å². The second-order valence-electron chi connectivity index (χ2n) is 2.77. The van der Waals surface area contributed by atoms with Gasteiger partial charge in [0, 0.05) is 5.69 Å². The van der Waals surface area contributed by atoms with E-state index in [9.17, 15) is 5.11 Å². The van der Waals surface area contributed by atoms with Crippen LogP contribution in [0.2, 0.25) is 0 Å². The Kier molecular flexibility index (Phi) is 2.18. The van der Waals surface area contributed by atoms with Crippen LogP contribution in [0, 0.1) is 0 Å². The summed E-state index contributed by atoms with van der Waals surface area (Å²) < 4.78 is 9.93. The number of hydrogen-bond donors (Lipinski definition) is 2. The van der Waals surface area contributed by atoms with E-state index in [4.69, 9.17) is 9.47 Å². The lowest BCUT2D eigenvalue weighted by molar-refractivity contribution is -0.283. The van der Waals surface area contributed by atoms with Gasteiger partial charge in [-0.1, -0.05) is 18.2 Å². The summed E-state index contributed by atoms with van der Waals surface area (Å²) in [5.74, 6) is 0. The molecule has 1 aromatic carbocycles. The molecule has 2 rings (SSSR count). The molecule has 1 saturated heterocycles. The molecule has 4 nitrogen and oxygen atoms in total. The summed E-state index contributed by atoms with van der Waals surface area (Å²) in [6.45, 7) is 0.798. The van der Waals surface area contributed by atoms with Crippen molar-refractivity contribution in [3.8, 4) is 0 Å². The summed E-state index contributed by atoms with van der Waals surface area (Å²) in [6, 6.07) is 9.26. The van der Waals surface area contributed by atoms with Crippen LogP contribution >= 0.6 is 0 Å². The average Bonchev–Trinajstić information content (AvgIpc) is 2.54. The van der Waals surface area contributed by atoms with Crippen molar-refractivity contribution in [3.63, 3.8) is 0 Å². The van der Waals surface area contributed by atoms with Gasteiger partial charge in [-0.2, -0.15) is 0 Å². The van der Waals surface area contributed by atoms with E-state index in [0.717, 1.165) is 5.69 Å². The Balaban J connectivity index is 2.05. The first-order valence-corrected chi connectivity index (χ1v) is 4.12. The van der Waals surface area contributed by atoms with Crippen molar-refractivity contribution >= 4 is 5.69 Å². The monoisotopic (exact) mass is 181 g/mol. The zero-order chi connectivity index (χ0) is 9.15. The van der Waals surface area contributed by atoms with Crippen LogP contribution in [0.3, 0.4) is 0 Å². The fourth-order valence-electron chi connectivity index (χ4n) is 1.18. The maximum absolute atomic E-state index is 9.59. The van der Waals surface area contributed by atoms with E-state index in [-0.39, 0.29) is 0 Å². The maximum atomic E-state index is 9.59. The largest absolute Gasteiger partial charge is 0.372 e. The number of para-hydroxylation sites is 1. The van der Waals surface area contributed by atoms with Gasteiger partial charge in [-0.3, -0.25) is 0 Å². The summed E-state index contributed by atoms with van der Waals surface area (Å²) in [7, 11) is 0. The fourth-order valence-corrected chi connectivity index (χ4v) is 1.18. The Morgan fingerprint density at radius 3 is 2.38 bits per heavy atom. The highest BCUT2D eigenvalue weighted by Gasteiger charge is 2.34. The Bertz CT molecular complexity index is 269. The Morgan fingerprint density at radius 2 is 1.77 bits per heavy atom. The number of anilines is 1. The van der Waals surface area contributed by atoms with E-state index < -0.39 is 6.10 Å². The minimum absolute atomic E-state index is 0.399. The van der Waals surface area contributed by atoms with Gasteiger partial charge in [0.15, 0.2) is 0 Å². The summed E-state index contributed by atoms with van der Waals surface area (Å²) >= 11 is 0. The van der Waals surface area contributed by atoms with Gasteiger partial charge in [-0.25, -0.2) is 0 Å². The van der Waals surface area contributed by atoms with Crippen molar-refractivity contribution in [1.29, 1.82) is 0 Å². The molecule has 1 fully saturated rings. The van der Waals surface area contributed by atoms with Crippen LogP contribution in [-0.2, 0) is 9.47 Å². The van der Waals surface area contributed by atoms with Gasteiger partial charge in [0.05, 0.1) is 13.2 Å². The number of aliphatic hydroxyl groups is 1. The standard InChI is InChI=1S/C9H11NO3/c11-9(12-6-7-13-9)10-8-4-2-1-3-5-8/h1-5,10-11H,6-7H2. The lowest BCUT2D eigenvalue weighted by Crippen LogP contribution is -2.38. The topological polar surface area (TPSA) is 50.7 Å². The van der Waals surface area contributed by atoms with E-state index >= 15 is 0 Å². The highest BCUT2D eigenvalue weighted by molar-refractivity contribution is 5.43. The van der Waals surface area contributed by atoms with Crippen LogP contribution in [0.1, 0.15) is 0 Å².